The van der Waals surface area contributed by atoms with E-state index in [-0.39, 0.29) is 0 Å². The molecule has 1 aromatic rings. The lowest BCUT2D eigenvalue weighted by Gasteiger charge is -2.03. The molecule has 0 amide bonds. The molecule has 0 saturated heterocycles. The van der Waals surface area contributed by atoms with Gasteiger partial charge in [0.15, 0.2) is 0 Å². The minimum atomic E-state index is 0.550. The van der Waals surface area contributed by atoms with Gasteiger partial charge in [-0.2, -0.15) is 0 Å². The first-order chi connectivity index (χ1) is 5.86. The third kappa shape index (κ3) is 2.30. The van der Waals surface area contributed by atoms with Crippen molar-refractivity contribution < 1.29 is 0 Å². The van der Waals surface area contributed by atoms with Crippen molar-refractivity contribution >= 4 is 5.69 Å². The molecule has 1 rings (SSSR count). The molecule has 0 atom stereocenters. The molecule has 0 unspecified atom stereocenters. The molecule has 0 radical (unpaired) electrons. The van der Waals surface area contributed by atoms with Crippen molar-refractivity contribution in [2.45, 2.75) is 6.54 Å². The smallest absolute Gasteiger partial charge is 0.0763 e. The van der Waals surface area contributed by atoms with E-state index in [9.17, 15) is 0 Å². The second kappa shape index (κ2) is 4.42. The first-order valence-electron chi connectivity index (χ1n) is 3.83. The van der Waals surface area contributed by atoms with Crippen molar-refractivity contribution in [3.63, 3.8) is 0 Å². The highest BCUT2D eigenvalue weighted by atomic mass is 14.8. The number of rotatable bonds is 3. The number of anilines is 1. The number of nitrogens with two attached hydrogens (primary N) is 1. The third-order valence-electron chi connectivity index (χ3n) is 1.56. The molecule has 0 saturated carbocycles. The molecule has 0 fully saturated rings. The van der Waals surface area contributed by atoms with Crippen LogP contribution in [0.3, 0.4) is 0 Å². The SMILES string of the molecule is C#CCNc1cccc(CN)c1. The van der Waals surface area contributed by atoms with Crippen molar-refractivity contribution in [3.05, 3.63) is 29.8 Å². The van der Waals surface area contributed by atoms with E-state index in [1.54, 1.807) is 0 Å². The summed E-state index contributed by atoms with van der Waals surface area (Å²) in [5.74, 6) is 2.51. The Kier molecular flexibility index (Phi) is 3.18. The fourth-order valence-corrected chi connectivity index (χ4v) is 0.961. The van der Waals surface area contributed by atoms with Gasteiger partial charge in [-0.15, -0.1) is 6.42 Å². The zero-order chi connectivity index (χ0) is 8.81. The van der Waals surface area contributed by atoms with Crippen LogP contribution in [-0.2, 0) is 6.54 Å². The summed E-state index contributed by atoms with van der Waals surface area (Å²) in [4.78, 5) is 0. The minimum Gasteiger partial charge on any atom is -0.374 e. The van der Waals surface area contributed by atoms with Gasteiger partial charge in [-0.3, -0.25) is 0 Å². The van der Waals surface area contributed by atoms with E-state index in [1.165, 1.54) is 0 Å². The molecule has 0 aliphatic rings. The lowest BCUT2D eigenvalue weighted by molar-refractivity contribution is 1.07. The van der Waals surface area contributed by atoms with Crippen molar-refractivity contribution in [2.24, 2.45) is 5.73 Å². The first kappa shape index (κ1) is 8.63. The molecular weight excluding hydrogens is 148 g/mol. The molecule has 3 N–H and O–H groups in total. The van der Waals surface area contributed by atoms with Gasteiger partial charge in [0, 0.05) is 12.2 Å². The van der Waals surface area contributed by atoms with Crippen LogP contribution >= 0.6 is 0 Å². The largest absolute Gasteiger partial charge is 0.374 e. The molecule has 2 heteroatoms. The fourth-order valence-electron chi connectivity index (χ4n) is 0.961. The van der Waals surface area contributed by atoms with Crippen LogP contribution in [0.25, 0.3) is 0 Å². The van der Waals surface area contributed by atoms with E-state index in [0.29, 0.717) is 13.1 Å². The first-order valence-corrected chi connectivity index (χ1v) is 3.83. The van der Waals surface area contributed by atoms with Gasteiger partial charge in [0.1, 0.15) is 0 Å². The van der Waals surface area contributed by atoms with Crippen LogP contribution in [0.15, 0.2) is 24.3 Å². The van der Waals surface area contributed by atoms with E-state index in [2.05, 4.69) is 11.2 Å². The molecule has 62 valence electrons. The molecule has 0 aliphatic carbocycles. The summed E-state index contributed by atoms with van der Waals surface area (Å²) in [7, 11) is 0. The summed E-state index contributed by atoms with van der Waals surface area (Å²) in [5, 5.41) is 3.08. The van der Waals surface area contributed by atoms with E-state index < -0.39 is 0 Å². The molecule has 1 aromatic carbocycles. The number of benzene rings is 1. The van der Waals surface area contributed by atoms with Gasteiger partial charge in [0.2, 0.25) is 0 Å². The highest BCUT2D eigenvalue weighted by molar-refractivity contribution is 5.46. The van der Waals surface area contributed by atoms with Crippen molar-refractivity contribution in [1.82, 2.24) is 0 Å². The monoisotopic (exact) mass is 160 g/mol. The number of nitrogens with one attached hydrogen (secondary N) is 1. The summed E-state index contributed by atoms with van der Waals surface area (Å²) in [5.41, 5.74) is 7.61. The molecule has 0 heterocycles. The Bertz CT molecular complexity index is 286. The Morgan fingerprint density at radius 2 is 2.33 bits per heavy atom. The van der Waals surface area contributed by atoms with Gasteiger partial charge in [-0.1, -0.05) is 18.1 Å². The van der Waals surface area contributed by atoms with Crippen molar-refractivity contribution in [2.75, 3.05) is 11.9 Å². The lowest BCUT2D eigenvalue weighted by atomic mass is 10.2. The zero-order valence-electron chi connectivity index (χ0n) is 6.88. The summed E-state index contributed by atoms with van der Waals surface area (Å²) < 4.78 is 0. The standard InChI is InChI=1S/C10H12N2/c1-2-6-12-10-5-3-4-9(7-10)8-11/h1,3-5,7,12H,6,8,11H2. The Hall–Kier alpha value is -1.46. The van der Waals surface area contributed by atoms with Gasteiger partial charge >= 0.3 is 0 Å². The predicted molar refractivity (Wildman–Crippen MR) is 51.7 cm³/mol. The summed E-state index contributed by atoms with van der Waals surface area (Å²) >= 11 is 0. The zero-order valence-corrected chi connectivity index (χ0v) is 6.88. The maximum Gasteiger partial charge on any atom is 0.0763 e. The Morgan fingerprint density at radius 3 is 3.00 bits per heavy atom. The molecule has 0 aromatic heterocycles. The molecule has 12 heavy (non-hydrogen) atoms. The topological polar surface area (TPSA) is 38.0 Å². The fraction of sp³-hybridized carbons (Fsp3) is 0.200. The third-order valence-corrected chi connectivity index (χ3v) is 1.56. The maximum atomic E-state index is 5.48. The highest BCUT2D eigenvalue weighted by Gasteiger charge is 1.91. The van der Waals surface area contributed by atoms with E-state index >= 15 is 0 Å². The molecule has 2 nitrogen and oxygen atoms in total. The van der Waals surface area contributed by atoms with E-state index in [1.807, 2.05) is 24.3 Å². The second-order valence-electron chi connectivity index (χ2n) is 2.46. The van der Waals surface area contributed by atoms with Gasteiger partial charge in [-0.25, -0.2) is 0 Å². The lowest BCUT2D eigenvalue weighted by Crippen LogP contribution is -2.00. The van der Waals surface area contributed by atoms with Crippen LogP contribution in [0.4, 0.5) is 5.69 Å². The molecule has 0 bridgehead atoms. The predicted octanol–water partition coefficient (Wildman–Crippen LogP) is 1.19. The molecular formula is C10H12N2. The summed E-state index contributed by atoms with van der Waals surface area (Å²) in [6.07, 6.45) is 5.11. The van der Waals surface area contributed by atoms with Crippen molar-refractivity contribution in [1.29, 1.82) is 0 Å². The quantitative estimate of drug-likeness (QED) is 0.652. The van der Waals surface area contributed by atoms with Gasteiger partial charge in [0.05, 0.1) is 6.54 Å². The van der Waals surface area contributed by atoms with Crippen LogP contribution in [0.1, 0.15) is 5.56 Å². The Labute approximate surface area is 72.8 Å². The average molecular weight is 160 g/mol. The molecule has 0 spiro atoms. The summed E-state index contributed by atoms with van der Waals surface area (Å²) in [6, 6.07) is 7.91. The van der Waals surface area contributed by atoms with Crippen molar-refractivity contribution in [3.8, 4) is 12.3 Å². The van der Waals surface area contributed by atoms with Crippen LogP contribution in [0.2, 0.25) is 0 Å². The second-order valence-corrected chi connectivity index (χ2v) is 2.46. The molecule has 0 aliphatic heterocycles. The van der Waals surface area contributed by atoms with Crippen LogP contribution in [0, 0.1) is 12.3 Å². The van der Waals surface area contributed by atoms with E-state index in [4.69, 9.17) is 12.2 Å². The summed E-state index contributed by atoms with van der Waals surface area (Å²) in [6.45, 7) is 1.11. The van der Waals surface area contributed by atoms with Crippen LogP contribution in [-0.4, -0.2) is 6.54 Å². The minimum absolute atomic E-state index is 0.550. The number of hydrogen-bond acceptors (Lipinski definition) is 2. The van der Waals surface area contributed by atoms with E-state index in [0.717, 1.165) is 11.3 Å². The van der Waals surface area contributed by atoms with Gasteiger partial charge < -0.3 is 11.1 Å². The number of terminal acetylenes is 1. The average Bonchev–Trinajstić information content (AvgIpc) is 2.15. The van der Waals surface area contributed by atoms with Gasteiger partial charge in [0.25, 0.3) is 0 Å². The number of hydrogen-bond donors (Lipinski definition) is 2. The Balaban J connectivity index is 2.67. The maximum absolute atomic E-state index is 5.48. The van der Waals surface area contributed by atoms with Gasteiger partial charge in [-0.05, 0) is 17.7 Å². The normalized spacial score (nSPS) is 9.00. The highest BCUT2D eigenvalue weighted by Crippen LogP contribution is 2.08. The Morgan fingerprint density at radius 1 is 1.50 bits per heavy atom. The van der Waals surface area contributed by atoms with Crippen LogP contribution in [0.5, 0.6) is 0 Å². The van der Waals surface area contributed by atoms with Crippen LogP contribution < -0.4 is 11.1 Å².